The summed E-state index contributed by atoms with van der Waals surface area (Å²) in [5, 5.41) is 0.903. The lowest BCUT2D eigenvalue weighted by molar-refractivity contribution is 0.720. The molecule has 0 fully saturated rings. The maximum atomic E-state index is 13.4. The van der Waals surface area contributed by atoms with Gasteiger partial charge in [-0.15, -0.1) is 11.3 Å². The Balaban J connectivity index is 1.56. The molecule has 3 aromatic rings. The Morgan fingerprint density at radius 1 is 0.889 bits per heavy atom. The average Bonchev–Trinajstić information content (AvgIpc) is 3.49. The normalized spacial score (nSPS) is 19.1. The number of thioether (sulfide) groups is 1. The molecule has 5 nitrogen and oxygen atoms in total. The molecule has 188 valence electrons. The molecular formula is C28H31ClN4OS2. The van der Waals surface area contributed by atoms with Gasteiger partial charge < -0.3 is 14.7 Å². The van der Waals surface area contributed by atoms with E-state index in [1.54, 1.807) is 11.3 Å². The number of fused-ring (bicyclic) bond motifs is 2. The van der Waals surface area contributed by atoms with Crippen molar-refractivity contribution in [2.75, 3.05) is 34.3 Å². The lowest BCUT2D eigenvalue weighted by Crippen LogP contribution is -2.33. The summed E-state index contributed by atoms with van der Waals surface area (Å²) in [6.07, 6.45) is 6.31. The van der Waals surface area contributed by atoms with Crippen molar-refractivity contribution >= 4 is 63.9 Å². The summed E-state index contributed by atoms with van der Waals surface area (Å²) >= 11 is 9.73. The van der Waals surface area contributed by atoms with Crippen molar-refractivity contribution in [3.8, 4) is 0 Å². The monoisotopic (exact) mass is 538 g/mol. The number of hydrogen-bond donors (Lipinski definition) is 0. The first-order valence-electron chi connectivity index (χ1n) is 12.5. The molecule has 2 aliphatic heterocycles. The number of para-hydroxylation sites is 1. The molecule has 0 saturated carbocycles. The van der Waals surface area contributed by atoms with E-state index in [0.29, 0.717) is 6.54 Å². The smallest absolute Gasteiger partial charge is 0.269 e. The van der Waals surface area contributed by atoms with Gasteiger partial charge >= 0.3 is 0 Å². The lowest BCUT2D eigenvalue weighted by atomic mass is 10.2. The van der Waals surface area contributed by atoms with E-state index in [-0.39, 0.29) is 10.9 Å². The summed E-state index contributed by atoms with van der Waals surface area (Å²) < 4.78 is 3.66. The molecule has 0 amide bonds. The molecule has 0 spiro atoms. The Hall–Kier alpha value is -2.61. The van der Waals surface area contributed by atoms with E-state index in [1.807, 2.05) is 41.5 Å². The van der Waals surface area contributed by atoms with Crippen LogP contribution in [0.15, 0.2) is 64.1 Å². The van der Waals surface area contributed by atoms with Gasteiger partial charge in [0.1, 0.15) is 11.2 Å². The van der Waals surface area contributed by atoms with Gasteiger partial charge in [-0.1, -0.05) is 35.5 Å². The highest BCUT2D eigenvalue weighted by Gasteiger charge is 2.29. The number of rotatable bonds is 6. The van der Waals surface area contributed by atoms with Gasteiger partial charge in [0.25, 0.3) is 5.56 Å². The standard InChI is InChI=1S/C28H31ClN4OS2/c1-5-30-20-14-13-19(29)17-22(20)31(6-2)25(30)16-15-24-28(34)33(8-4)27(36-24)18-26-32(7-3)21-11-9-10-12-23(21)35-26/h9-18,26H,5-8H2,1-4H3/b24-15+,25-16+,27-18-. The van der Waals surface area contributed by atoms with E-state index in [4.69, 9.17) is 11.6 Å². The van der Waals surface area contributed by atoms with Crippen molar-refractivity contribution in [2.45, 2.75) is 44.5 Å². The molecular weight excluding hydrogens is 508 g/mol. The number of thiazole rings is 1. The number of hydrogen-bond acceptors (Lipinski definition) is 6. The highest BCUT2D eigenvalue weighted by atomic mass is 35.5. The van der Waals surface area contributed by atoms with Crippen LogP contribution >= 0.6 is 34.7 Å². The predicted molar refractivity (Wildman–Crippen MR) is 157 cm³/mol. The fourth-order valence-corrected chi connectivity index (χ4v) is 7.66. The second-order valence-corrected chi connectivity index (χ2v) is 11.3. The van der Waals surface area contributed by atoms with E-state index in [9.17, 15) is 4.79 Å². The third-order valence-electron chi connectivity index (χ3n) is 6.70. The molecule has 0 bridgehead atoms. The summed E-state index contributed by atoms with van der Waals surface area (Å²) in [7, 11) is 0. The third-order valence-corrected chi connectivity index (χ3v) is 9.26. The molecule has 1 aromatic heterocycles. The van der Waals surface area contributed by atoms with Crippen molar-refractivity contribution in [2.24, 2.45) is 0 Å². The van der Waals surface area contributed by atoms with Crippen molar-refractivity contribution in [3.63, 3.8) is 0 Å². The van der Waals surface area contributed by atoms with Crippen LogP contribution in [0.4, 0.5) is 17.1 Å². The van der Waals surface area contributed by atoms with E-state index in [2.05, 4.69) is 78.0 Å². The first-order valence-corrected chi connectivity index (χ1v) is 14.6. The molecule has 2 aliphatic rings. The number of benzene rings is 2. The van der Waals surface area contributed by atoms with Crippen LogP contribution in [-0.4, -0.2) is 29.6 Å². The average molecular weight is 539 g/mol. The van der Waals surface area contributed by atoms with E-state index in [0.717, 1.165) is 51.0 Å². The van der Waals surface area contributed by atoms with Gasteiger partial charge in [-0.2, -0.15) is 0 Å². The number of anilines is 3. The van der Waals surface area contributed by atoms with Gasteiger partial charge in [0.2, 0.25) is 0 Å². The zero-order valence-corrected chi connectivity index (χ0v) is 23.5. The van der Waals surface area contributed by atoms with E-state index in [1.165, 1.54) is 10.6 Å². The molecule has 3 heterocycles. The number of allylic oxidation sites excluding steroid dienone is 1. The molecule has 1 unspecified atom stereocenters. The maximum Gasteiger partial charge on any atom is 0.269 e. The maximum absolute atomic E-state index is 13.4. The van der Waals surface area contributed by atoms with Gasteiger partial charge in [-0.05, 0) is 76.3 Å². The Kier molecular flexibility index (Phi) is 7.24. The molecule has 0 radical (unpaired) electrons. The van der Waals surface area contributed by atoms with Crippen LogP contribution in [0, 0.1) is 0 Å². The number of nitrogens with zero attached hydrogens (tertiary/aromatic N) is 4. The number of aromatic nitrogens is 1. The third kappa shape index (κ3) is 4.27. The Morgan fingerprint density at radius 3 is 2.36 bits per heavy atom. The van der Waals surface area contributed by atoms with Gasteiger partial charge in [0, 0.05) is 36.1 Å². The highest BCUT2D eigenvalue weighted by molar-refractivity contribution is 8.00. The molecule has 1 atom stereocenters. The first kappa shape index (κ1) is 25.1. The molecule has 36 heavy (non-hydrogen) atoms. The van der Waals surface area contributed by atoms with E-state index >= 15 is 0 Å². The van der Waals surface area contributed by atoms with Crippen LogP contribution in [-0.2, 0) is 6.54 Å². The quantitative estimate of drug-likeness (QED) is 0.424. The number of halogens is 1. The Morgan fingerprint density at radius 2 is 1.64 bits per heavy atom. The molecule has 2 aromatic carbocycles. The minimum atomic E-state index is 0.0683. The zero-order chi connectivity index (χ0) is 25.4. The first-order chi connectivity index (χ1) is 17.5. The summed E-state index contributed by atoms with van der Waals surface area (Å²) in [5.41, 5.74) is 3.59. The minimum Gasteiger partial charge on any atom is -0.355 e. The zero-order valence-electron chi connectivity index (χ0n) is 21.1. The minimum absolute atomic E-state index is 0.0683. The molecule has 0 N–H and O–H groups in total. The van der Waals surface area contributed by atoms with Gasteiger partial charge in [0.15, 0.2) is 0 Å². The van der Waals surface area contributed by atoms with Crippen LogP contribution in [0.25, 0.3) is 12.2 Å². The van der Waals surface area contributed by atoms with Gasteiger partial charge in [-0.3, -0.25) is 9.36 Å². The summed E-state index contributed by atoms with van der Waals surface area (Å²) in [4.78, 5) is 21.6. The Labute approximate surface area is 225 Å². The van der Waals surface area contributed by atoms with E-state index < -0.39 is 0 Å². The highest BCUT2D eigenvalue weighted by Crippen LogP contribution is 2.44. The fraction of sp³-hybridized carbons (Fsp3) is 0.321. The summed E-state index contributed by atoms with van der Waals surface area (Å²) in [5.74, 6) is 1.07. The van der Waals surface area contributed by atoms with Crippen LogP contribution in [0.2, 0.25) is 5.02 Å². The molecule has 8 heteroatoms. The van der Waals surface area contributed by atoms with Gasteiger partial charge in [0.05, 0.1) is 26.3 Å². The van der Waals surface area contributed by atoms with Crippen molar-refractivity contribution < 1.29 is 0 Å². The van der Waals surface area contributed by atoms with Crippen LogP contribution in [0.1, 0.15) is 27.7 Å². The summed E-state index contributed by atoms with van der Waals surface area (Å²) in [6.45, 7) is 11.7. The second-order valence-electron chi connectivity index (χ2n) is 8.60. The SMILES string of the molecule is CCN1/C(=C\C=c2\s/c(=C\C3Sc4ccccc4N3CC)n(CC)c2=O)N(CC)c2cc(Cl)ccc21. The topological polar surface area (TPSA) is 31.7 Å². The van der Waals surface area contributed by atoms with Crippen molar-refractivity contribution in [1.29, 1.82) is 0 Å². The van der Waals surface area contributed by atoms with Crippen molar-refractivity contribution in [1.82, 2.24) is 4.57 Å². The predicted octanol–water partition coefficient (Wildman–Crippen LogP) is 5.31. The summed E-state index contributed by atoms with van der Waals surface area (Å²) in [6, 6.07) is 14.6. The van der Waals surface area contributed by atoms with Crippen molar-refractivity contribution in [3.05, 3.63) is 78.9 Å². The molecule has 5 rings (SSSR count). The van der Waals surface area contributed by atoms with Crippen LogP contribution < -0.4 is 29.5 Å². The van der Waals surface area contributed by atoms with Gasteiger partial charge in [-0.25, -0.2) is 0 Å². The van der Waals surface area contributed by atoms with Crippen LogP contribution in [0.5, 0.6) is 0 Å². The second kappa shape index (κ2) is 10.4. The largest absolute Gasteiger partial charge is 0.355 e. The lowest BCUT2D eigenvalue weighted by Gasteiger charge is -2.23. The fourth-order valence-electron chi connectivity index (χ4n) is 5.02. The van der Waals surface area contributed by atoms with Crippen LogP contribution in [0.3, 0.4) is 0 Å². The molecule has 0 saturated heterocycles. The Bertz CT molecular complexity index is 1490. The molecule has 0 aliphatic carbocycles.